The second-order valence-corrected chi connectivity index (χ2v) is 7.96. The standard InChI is InChI=1S/C20H23N3O2S/c1-2-23-19(13-15-21-23)17-22(16-14-18-9-5-3-6-10-18)26(24,25)20-11-7-4-8-12-20/h3-13,15H,2,14,16-17H2,1H3. The second kappa shape index (κ2) is 8.29. The molecule has 0 aliphatic rings. The summed E-state index contributed by atoms with van der Waals surface area (Å²) in [6.07, 6.45) is 2.37. The maximum absolute atomic E-state index is 13.2. The molecule has 6 heteroatoms. The van der Waals surface area contributed by atoms with E-state index in [1.54, 1.807) is 34.8 Å². The maximum atomic E-state index is 13.2. The molecule has 1 aromatic heterocycles. The third-order valence-corrected chi connectivity index (χ3v) is 6.18. The van der Waals surface area contributed by atoms with Gasteiger partial charge in [0.25, 0.3) is 0 Å². The van der Waals surface area contributed by atoms with Crippen LogP contribution in [0, 0.1) is 0 Å². The van der Waals surface area contributed by atoms with Gasteiger partial charge in [0.2, 0.25) is 10.0 Å². The summed E-state index contributed by atoms with van der Waals surface area (Å²) in [5.41, 5.74) is 2.00. The van der Waals surface area contributed by atoms with Crippen LogP contribution in [0.5, 0.6) is 0 Å². The van der Waals surface area contributed by atoms with Crippen LogP contribution in [0.3, 0.4) is 0 Å². The molecule has 0 amide bonds. The van der Waals surface area contributed by atoms with Crippen LogP contribution in [0.2, 0.25) is 0 Å². The lowest BCUT2D eigenvalue weighted by Crippen LogP contribution is -2.33. The normalized spacial score (nSPS) is 11.8. The van der Waals surface area contributed by atoms with Crippen LogP contribution in [-0.4, -0.2) is 29.0 Å². The molecule has 0 unspecified atom stereocenters. The zero-order valence-corrected chi connectivity index (χ0v) is 15.6. The average Bonchev–Trinajstić information content (AvgIpc) is 3.13. The van der Waals surface area contributed by atoms with Gasteiger partial charge in [-0.05, 0) is 37.1 Å². The quantitative estimate of drug-likeness (QED) is 0.612. The Labute approximate surface area is 154 Å². The molecule has 26 heavy (non-hydrogen) atoms. The van der Waals surface area contributed by atoms with Crippen LogP contribution in [0.4, 0.5) is 0 Å². The van der Waals surface area contributed by atoms with Crippen molar-refractivity contribution in [3.8, 4) is 0 Å². The zero-order chi connectivity index (χ0) is 18.4. The van der Waals surface area contributed by atoms with Crippen molar-refractivity contribution in [3.05, 3.63) is 84.2 Å². The molecule has 5 nitrogen and oxygen atoms in total. The summed E-state index contributed by atoms with van der Waals surface area (Å²) < 4.78 is 29.7. The molecule has 0 fully saturated rings. The van der Waals surface area contributed by atoms with Gasteiger partial charge in [-0.3, -0.25) is 4.68 Å². The summed E-state index contributed by atoms with van der Waals surface area (Å²) in [6.45, 7) is 3.42. The Balaban J connectivity index is 1.88. The van der Waals surface area contributed by atoms with Crippen molar-refractivity contribution < 1.29 is 8.42 Å². The van der Waals surface area contributed by atoms with Gasteiger partial charge in [0, 0.05) is 19.3 Å². The van der Waals surface area contributed by atoms with Crippen molar-refractivity contribution in [1.82, 2.24) is 14.1 Å². The number of aryl methyl sites for hydroxylation is 1. The second-order valence-electron chi connectivity index (χ2n) is 6.03. The Morgan fingerprint density at radius 1 is 0.962 bits per heavy atom. The van der Waals surface area contributed by atoms with Gasteiger partial charge in [-0.15, -0.1) is 0 Å². The third-order valence-electron chi connectivity index (χ3n) is 4.32. The van der Waals surface area contributed by atoms with Gasteiger partial charge in [0.15, 0.2) is 0 Å². The Hall–Kier alpha value is -2.44. The van der Waals surface area contributed by atoms with Gasteiger partial charge in [0.05, 0.1) is 17.1 Å². The molecule has 3 rings (SSSR count). The number of aromatic nitrogens is 2. The molecule has 0 bridgehead atoms. The summed E-state index contributed by atoms with van der Waals surface area (Å²) in [5, 5.41) is 4.26. The van der Waals surface area contributed by atoms with Crippen LogP contribution in [-0.2, 0) is 29.5 Å². The number of benzene rings is 2. The fourth-order valence-electron chi connectivity index (χ4n) is 2.88. The van der Waals surface area contributed by atoms with Gasteiger partial charge in [-0.2, -0.15) is 9.40 Å². The highest BCUT2D eigenvalue weighted by Crippen LogP contribution is 2.19. The molecule has 0 atom stereocenters. The molecule has 1 heterocycles. The van der Waals surface area contributed by atoms with E-state index in [1.807, 2.05) is 54.1 Å². The summed E-state index contributed by atoms with van der Waals surface area (Å²) in [5.74, 6) is 0. The topological polar surface area (TPSA) is 55.2 Å². The van der Waals surface area contributed by atoms with Crippen LogP contribution >= 0.6 is 0 Å². The van der Waals surface area contributed by atoms with E-state index in [9.17, 15) is 8.42 Å². The van der Waals surface area contributed by atoms with Gasteiger partial charge in [-0.25, -0.2) is 8.42 Å². The summed E-state index contributed by atoms with van der Waals surface area (Å²) >= 11 is 0. The van der Waals surface area contributed by atoms with E-state index in [4.69, 9.17) is 0 Å². The fourth-order valence-corrected chi connectivity index (χ4v) is 4.32. The maximum Gasteiger partial charge on any atom is 0.243 e. The molecule has 0 saturated carbocycles. The zero-order valence-electron chi connectivity index (χ0n) is 14.8. The predicted octanol–water partition coefficient (Wildman–Crippen LogP) is 3.34. The van der Waals surface area contributed by atoms with E-state index in [1.165, 1.54) is 0 Å². The van der Waals surface area contributed by atoms with E-state index in [0.29, 0.717) is 31.0 Å². The highest BCUT2D eigenvalue weighted by atomic mass is 32.2. The minimum Gasteiger partial charge on any atom is -0.269 e. The molecular formula is C20H23N3O2S. The number of sulfonamides is 1. The van der Waals surface area contributed by atoms with Crippen molar-refractivity contribution in [3.63, 3.8) is 0 Å². The lowest BCUT2D eigenvalue weighted by Gasteiger charge is -2.22. The van der Waals surface area contributed by atoms with E-state index in [-0.39, 0.29) is 0 Å². The fraction of sp³-hybridized carbons (Fsp3) is 0.250. The Bertz CT molecular complexity index is 922. The number of hydrogen-bond acceptors (Lipinski definition) is 3. The predicted molar refractivity (Wildman–Crippen MR) is 102 cm³/mol. The summed E-state index contributed by atoms with van der Waals surface area (Å²) in [4.78, 5) is 0.315. The first-order valence-corrected chi connectivity index (χ1v) is 10.1. The number of rotatable bonds is 8. The number of hydrogen-bond donors (Lipinski definition) is 0. The average molecular weight is 369 g/mol. The van der Waals surface area contributed by atoms with Crippen LogP contribution in [0.15, 0.2) is 77.8 Å². The summed E-state index contributed by atoms with van der Waals surface area (Å²) in [6, 6.07) is 20.4. The third kappa shape index (κ3) is 4.20. The minimum atomic E-state index is -3.58. The smallest absolute Gasteiger partial charge is 0.243 e. The first kappa shape index (κ1) is 18.4. The molecule has 0 aliphatic carbocycles. The lowest BCUT2D eigenvalue weighted by molar-refractivity contribution is 0.394. The van der Waals surface area contributed by atoms with E-state index in [0.717, 1.165) is 11.3 Å². The van der Waals surface area contributed by atoms with Gasteiger partial charge >= 0.3 is 0 Å². The highest BCUT2D eigenvalue weighted by molar-refractivity contribution is 7.89. The molecule has 3 aromatic rings. The Kier molecular flexibility index (Phi) is 5.85. The molecular weight excluding hydrogens is 346 g/mol. The van der Waals surface area contributed by atoms with Gasteiger partial charge in [0.1, 0.15) is 0 Å². The highest BCUT2D eigenvalue weighted by Gasteiger charge is 2.25. The molecule has 0 radical (unpaired) electrons. The van der Waals surface area contributed by atoms with Crippen molar-refractivity contribution in [2.45, 2.75) is 31.3 Å². The molecule has 0 spiro atoms. The minimum absolute atomic E-state index is 0.303. The van der Waals surface area contributed by atoms with E-state index >= 15 is 0 Å². The van der Waals surface area contributed by atoms with Gasteiger partial charge < -0.3 is 0 Å². The van der Waals surface area contributed by atoms with Crippen molar-refractivity contribution >= 4 is 10.0 Å². The molecule has 2 aromatic carbocycles. The molecule has 0 N–H and O–H groups in total. The van der Waals surface area contributed by atoms with Crippen LogP contribution < -0.4 is 0 Å². The number of nitrogens with zero attached hydrogens (tertiary/aromatic N) is 3. The van der Waals surface area contributed by atoms with E-state index in [2.05, 4.69) is 5.10 Å². The lowest BCUT2D eigenvalue weighted by atomic mass is 10.1. The van der Waals surface area contributed by atoms with Gasteiger partial charge in [-0.1, -0.05) is 48.5 Å². The first-order chi connectivity index (χ1) is 12.6. The van der Waals surface area contributed by atoms with Crippen LogP contribution in [0.25, 0.3) is 0 Å². The Morgan fingerprint density at radius 2 is 1.62 bits per heavy atom. The monoisotopic (exact) mass is 369 g/mol. The first-order valence-electron chi connectivity index (χ1n) is 8.71. The largest absolute Gasteiger partial charge is 0.269 e. The summed E-state index contributed by atoms with van der Waals surface area (Å²) in [7, 11) is -3.58. The van der Waals surface area contributed by atoms with E-state index < -0.39 is 10.0 Å². The van der Waals surface area contributed by atoms with Crippen LogP contribution in [0.1, 0.15) is 18.2 Å². The van der Waals surface area contributed by atoms with Crippen molar-refractivity contribution in [1.29, 1.82) is 0 Å². The van der Waals surface area contributed by atoms with Crippen molar-refractivity contribution in [2.24, 2.45) is 0 Å². The SMILES string of the molecule is CCn1nccc1CN(CCc1ccccc1)S(=O)(=O)c1ccccc1. The molecule has 0 aliphatic heterocycles. The molecule has 0 saturated heterocycles. The Morgan fingerprint density at radius 3 is 2.27 bits per heavy atom. The van der Waals surface area contributed by atoms with Crippen molar-refractivity contribution in [2.75, 3.05) is 6.54 Å². The molecule has 136 valence electrons.